The molecule has 1 aliphatic carbocycles. The fourth-order valence-electron chi connectivity index (χ4n) is 3.60. The summed E-state index contributed by atoms with van der Waals surface area (Å²) in [4.78, 5) is 30.4. The van der Waals surface area contributed by atoms with Gasteiger partial charge in [-0.25, -0.2) is 17.8 Å². The molecule has 2 atom stereocenters. The maximum absolute atomic E-state index is 14.4. The highest BCUT2D eigenvalue weighted by atomic mass is 35.5. The lowest BCUT2D eigenvalue weighted by molar-refractivity contribution is -0.120. The molecule has 1 aromatic carbocycles. The zero-order chi connectivity index (χ0) is 22.1. The number of carbonyl (C=O) groups excluding carboxylic acids is 2. The molecule has 1 aliphatic rings. The van der Waals surface area contributed by atoms with Gasteiger partial charge in [0.15, 0.2) is 5.82 Å². The Bertz CT molecular complexity index is 1090. The van der Waals surface area contributed by atoms with Crippen LogP contribution >= 0.6 is 11.6 Å². The van der Waals surface area contributed by atoms with Gasteiger partial charge in [-0.1, -0.05) is 18.5 Å². The fourth-order valence-corrected chi connectivity index (χ4v) is 5.02. The van der Waals surface area contributed by atoms with Crippen LogP contribution in [0.4, 0.5) is 4.39 Å². The molecule has 3 rings (SSSR count). The van der Waals surface area contributed by atoms with E-state index >= 15 is 0 Å². The van der Waals surface area contributed by atoms with Crippen LogP contribution in [0, 0.1) is 17.7 Å². The largest absolute Gasteiger partial charge is 0.340 e. The third kappa shape index (κ3) is 5.05. The van der Waals surface area contributed by atoms with Gasteiger partial charge in [-0.2, -0.15) is 0 Å². The molecule has 1 aromatic heterocycles. The smallest absolute Gasteiger partial charge is 0.269 e. The van der Waals surface area contributed by atoms with Crippen molar-refractivity contribution in [3.63, 3.8) is 0 Å². The summed E-state index contributed by atoms with van der Waals surface area (Å²) >= 11 is 5.90. The quantitative estimate of drug-likeness (QED) is 0.622. The van der Waals surface area contributed by atoms with E-state index in [0.717, 1.165) is 0 Å². The van der Waals surface area contributed by atoms with Crippen LogP contribution in [0.1, 0.15) is 36.5 Å². The van der Waals surface area contributed by atoms with Crippen LogP contribution in [-0.4, -0.2) is 35.4 Å². The van der Waals surface area contributed by atoms with E-state index in [2.05, 4.69) is 4.98 Å². The summed E-state index contributed by atoms with van der Waals surface area (Å²) < 4.78 is 40.7. The number of hydrazine groups is 1. The van der Waals surface area contributed by atoms with Gasteiger partial charge in [0.1, 0.15) is 5.78 Å². The lowest BCUT2D eigenvalue weighted by Crippen LogP contribution is -2.43. The molecule has 1 fully saturated rings. The fraction of sp³-hybridized carbons (Fsp3) is 0.421. The molecule has 0 spiro atoms. The maximum Gasteiger partial charge on any atom is 0.269 e. The number of halogens is 2. The number of rotatable bonds is 7. The molecule has 2 unspecified atom stereocenters. The zero-order valence-electron chi connectivity index (χ0n) is 16.5. The van der Waals surface area contributed by atoms with Crippen LogP contribution in [0.25, 0.3) is 11.3 Å². The Morgan fingerprint density at radius 3 is 2.73 bits per heavy atom. The van der Waals surface area contributed by atoms with Crippen LogP contribution in [-0.2, 0) is 21.9 Å². The van der Waals surface area contributed by atoms with Crippen molar-refractivity contribution >= 4 is 33.3 Å². The van der Waals surface area contributed by atoms with Gasteiger partial charge in [-0.15, -0.1) is 4.83 Å². The minimum Gasteiger partial charge on any atom is -0.340 e. The summed E-state index contributed by atoms with van der Waals surface area (Å²) in [6, 6.07) is 2.58. The van der Waals surface area contributed by atoms with E-state index in [1.54, 1.807) is 17.8 Å². The van der Waals surface area contributed by atoms with Gasteiger partial charge >= 0.3 is 0 Å². The minimum atomic E-state index is -3.91. The molecule has 11 heteroatoms. The van der Waals surface area contributed by atoms with Crippen LogP contribution in [0.5, 0.6) is 0 Å². The molecular formula is C19H22ClFN4O4S. The Labute approximate surface area is 178 Å². The second-order valence-electron chi connectivity index (χ2n) is 7.46. The van der Waals surface area contributed by atoms with E-state index in [1.807, 2.05) is 17.2 Å². The van der Waals surface area contributed by atoms with E-state index in [4.69, 9.17) is 11.6 Å². The summed E-state index contributed by atoms with van der Waals surface area (Å²) in [6.45, 7) is 1.89. The van der Waals surface area contributed by atoms with Gasteiger partial charge < -0.3 is 4.57 Å². The molecule has 1 saturated carbocycles. The Kier molecular flexibility index (Phi) is 6.59. The molecule has 2 aromatic rings. The second kappa shape index (κ2) is 8.83. The number of benzene rings is 1. The van der Waals surface area contributed by atoms with Crippen molar-refractivity contribution < 1.29 is 22.4 Å². The van der Waals surface area contributed by atoms with Crippen LogP contribution in [0.3, 0.4) is 0 Å². The number of aromatic nitrogens is 2. The van der Waals surface area contributed by atoms with E-state index < -0.39 is 27.3 Å². The van der Waals surface area contributed by atoms with Gasteiger partial charge in [-0.3, -0.25) is 15.0 Å². The minimum absolute atomic E-state index is 0.0600. The topological polar surface area (TPSA) is 110 Å². The number of hydrogen-bond donors (Lipinski definition) is 2. The van der Waals surface area contributed by atoms with Crippen molar-refractivity contribution in [1.29, 1.82) is 0 Å². The highest BCUT2D eigenvalue weighted by molar-refractivity contribution is 7.89. The number of nitrogens with one attached hydrogen (secondary N) is 2. The predicted octanol–water partition coefficient (Wildman–Crippen LogP) is 2.45. The van der Waals surface area contributed by atoms with E-state index in [0.29, 0.717) is 24.1 Å². The number of nitrogens with zero attached hydrogens (tertiary/aromatic N) is 2. The van der Waals surface area contributed by atoms with Gasteiger partial charge in [0, 0.05) is 31.1 Å². The highest BCUT2D eigenvalue weighted by Gasteiger charge is 2.34. The molecule has 1 heterocycles. The van der Waals surface area contributed by atoms with Gasteiger partial charge in [-0.05, 0) is 30.9 Å². The molecule has 8 nitrogen and oxygen atoms in total. The molecule has 2 N–H and O–H groups in total. The van der Waals surface area contributed by atoms with E-state index in [-0.39, 0.29) is 34.8 Å². The third-order valence-electron chi connectivity index (χ3n) is 5.10. The number of Topliss-reactive ketones (excluding diaryl/α,β-unsaturated/α-hetero) is 1. The van der Waals surface area contributed by atoms with E-state index in [1.165, 1.54) is 18.5 Å². The second-order valence-corrected chi connectivity index (χ2v) is 9.63. The van der Waals surface area contributed by atoms with Crippen molar-refractivity contribution in [3.05, 3.63) is 41.1 Å². The zero-order valence-corrected chi connectivity index (χ0v) is 18.1. The number of imidazole rings is 1. The first-order valence-corrected chi connectivity index (χ1v) is 11.4. The Morgan fingerprint density at radius 1 is 1.40 bits per heavy atom. The standard InChI is InChI=1S/C19H22ClFN4O4S/c1-3-12-4-11(5-17(12)26)9-30(28,29)24-23-19(27)14-6-13(7-15(20)18(14)21)16-8-25(2)10-22-16/h6-8,10-12,24H,3-5,9H2,1-2H3,(H,23,27). The summed E-state index contributed by atoms with van der Waals surface area (Å²) in [6.07, 6.45) is 4.58. The van der Waals surface area contributed by atoms with Gasteiger partial charge in [0.05, 0.1) is 28.4 Å². The molecule has 30 heavy (non-hydrogen) atoms. The average molecular weight is 457 g/mol. The monoisotopic (exact) mass is 456 g/mol. The van der Waals surface area contributed by atoms with Crippen LogP contribution in [0.2, 0.25) is 5.02 Å². The number of ketones is 1. The summed E-state index contributed by atoms with van der Waals surface area (Å²) in [5.41, 5.74) is 2.48. The Balaban J connectivity index is 1.70. The molecule has 162 valence electrons. The van der Waals surface area contributed by atoms with Gasteiger partial charge in [0.2, 0.25) is 10.0 Å². The SMILES string of the molecule is CCC1CC(CS(=O)(=O)NNC(=O)c2cc(-c3cn(C)cn3)cc(Cl)c2F)CC1=O. The average Bonchev–Trinajstić information content (AvgIpc) is 3.26. The molecule has 1 amide bonds. The number of amides is 1. The summed E-state index contributed by atoms with van der Waals surface area (Å²) in [7, 11) is -2.16. The van der Waals surface area contributed by atoms with Crippen LogP contribution in [0.15, 0.2) is 24.7 Å². The first-order valence-electron chi connectivity index (χ1n) is 9.39. The lowest BCUT2D eigenvalue weighted by atomic mass is 10.0. The number of sulfonamides is 1. The van der Waals surface area contributed by atoms with Crippen molar-refractivity contribution in [2.75, 3.05) is 5.75 Å². The van der Waals surface area contributed by atoms with E-state index in [9.17, 15) is 22.4 Å². The highest BCUT2D eigenvalue weighted by Crippen LogP contribution is 2.31. The van der Waals surface area contributed by atoms with Crippen molar-refractivity contribution in [2.24, 2.45) is 18.9 Å². The molecule has 0 aliphatic heterocycles. The Morgan fingerprint density at radius 2 is 2.13 bits per heavy atom. The maximum atomic E-state index is 14.4. The van der Waals surface area contributed by atoms with Crippen LogP contribution < -0.4 is 10.3 Å². The predicted molar refractivity (Wildman–Crippen MR) is 110 cm³/mol. The molecule has 0 radical (unpaired) electrons. The third-order valence-corrected chi connectivity index (χ3v) is 6.70. The van der Waals surface area contributed by atoms with Gasteiger partial charge in [0.25, 0.3) is 5.91 Å². The normalized spacial score (nSPS) is 19.3. The number of aryl methyl sites for hydroxylation is 1. The number of hydrogen-bond acceptors (Lipinski definition) is 5. The van der Waals surface area contributed by atoms with Crippen molar-refractivity contribution in [1.82, 2.24) is 19.8 Å². The lowest BCUT2D eigenvalue weighted by Gasteiger charge is -2.13. The summed E-state index contributed by atoms with van der Waals surface area (Å²) in [5, 5.41) is -0.291. The molecule has 0 saturated heterocycles. The Hall–Kier alpha value is -2.30. The van der Waals surface area contributed by atoms with Crippen molar-refractivity contribution in [3.8, 4) is 11.3 Å². The molecule has 0 bridgehead atoms. The first-order chi connectivity index (χ1) is 14.1. The summed E-state index contributed by atoms with van der Waals surface area (Å²) in [5.74, 6) is -2.64. The first kappa shape index (κ1) is 22.4. The number of carbonyl (C=O) groups is 2. The molecular weight excluding hydrogens is 435 g/mol. The van der Waals surface area contributed by atoms with Crippen molar-refractivity contribution in [2.45, 2.75) is 26.2 Å².